The van der Waals surface area contributed by atoms with Crippen LogP contribution in [0.15, 0.2) is 10.3 Å². The van der Waals surface area contributed by atoms with Crippen LogP contribution in [0.1, 0.15) is 37.9 Å². The smallest absolute Gasteiger partial charge is 0.192 e. The van der Waals surface area contributed by atoms with Crippen molar-refractivity contribution in [2.75, 3.05) is 0 Å². The van der Waals surface area contributed by atoms with Crippen LogP contribution in [0, 0.1) is 6.92 Å². The summed E-state index contributed by atoms with van der Waals surface area (Å²) < 4.78 is 1.89. The average Bonchev–Trinajstić information content (AvgIpc) is 2.49. The second-order valence-electron chi connectivity index (χ2n) is 4.14. The van der Waals surface area contributed by atoms with E-state index in [9.17, 15) is 0 Å². The van der Waals surface area contributed by atoms with Gasteiger partial charge in [-0.1, -0.05) is 24.6 Å². The van der Waals surface area contributed by atoms with Gasteiger partial charge in [0.25, 0.3) is 0 Å². The highest BCUT2D eigenvalue weighted by atomic mass is 32.2. The van der Waals surface area contributed by atoms with Gasteiger partial charge in [-0.2, -0.15) is 9.78 Å². The number of fused-ring (bicyclic) bond motifs is 2. The molecule has 2 heterocycles. The standard InChI is InChI=1S/C10H14N4S/c1-7-11-12-10-14(7)13-8-5-3-2-4-6-9(8)15-10/h9H,2-6H2,1H3. The molecule has 1 atom stereocenters. The van der Waals surface area contributed by atoms with Crippen LogP contribution in [0.4, 0.5) is 0 Å². The fraction of sp³-hybridized carbons (Fsp3) is 0.700. The second-order valence-corrected chi connectivity index (χ2v) is 5.31. The van der Waals surface area contributed by atoms with E-state index < -0.39 is 0 Å². The van der Waals surface area contributed by atoms with Crippen molar-refractivity contribution in [1.82, 2.24) is 14.9 Å². The molecule has 15 heavy (non-hydrogen) atoms. The third-order valence-corrected chi connectivity index (χ3v) is 4.27. The van der Waals surface area contributed by atoms with E-state index in [2.05, 4.69) is 15.3 Å². The van der Waals surface area contributed by atoms with Crippen LogP contribution in [-0.2, 0) is 0 Å². The maximum Gasteiger partial charge on any atom is 0.212 e. The van der Waals surface area contributed by atoms with E-state index in [1.165, 1.54) is 31.4 Å². The molecule has 1 aromatic rings. The number of thioether (sulfide) groups is 1. The van der Waals surface area contributed by atoms with E-state index >= 15 is 0 Å². The quantitative estimate of drug-likeness (QED) is 0.676. The molecule has 2 aliphatic rings. The fourth-order valence-corrected chi connectivity index (χ4v) is 3.36. The molecule has 80 valence electrons. The molecule has 1 saturated carbocycles. The number of aryl methyl sites for hydroxylation is 1. The molecule has 0 bridgehead atoms. The van der Waals surface area contributed by atoms with Crippen molar-refractivity contribution in [2.45, 2.75) is 49.4 Å². The van der Waals surface area contributed by atoms with Gasteiger partial charge in [-0.25, -0.2) is 0 Å². The molecule has 0 saturated heterocycles. The first-order valence-electron chi connectivity index (χ1n) is 5.51. The third-order valence-electron chi connectivity index (χ3n) is 3.01. The Hall–Kier alpha value is -0.840. The minimum absolute atomic E-state index is 0.559. The lowest BCUT2D eigenvalue weighted by atomic mass is 10.2. The predicted molar refractivity (Wildman–Crippen MR) is 60.3 cm³/mol. The molecule has 1 aliphatic heterocycles. The lowest BCUT2D eigenvalue weighted by Gasteiger charge is -2.20. The van der Waals surface area contributed by atoms with Gasteiger partial charge in [-0.3, -0.25) is 0 Å². The largest absolute Gasteiger partial charge is 0.212 e. The maximum absolute atomic E-state index is 4.67. The van der Waals surface area contributed by atoms with Crippen LogP contribution < -0.4 is 0 Å². The van der Waals surface area contributed by atoms with Crippen molar-refractivity contribution in [3.05, 3.63) is 5.82 Å². The summed E-state index contributed by atoms with van der Waals surface area (Å²) in [7, 11) is 0. The first kappa shape index (κ1) is 9.39. The van der Waals surface area contributed by atoms with E-state index in [0.717, 1.165) is 17.4 Å². The Kier molecular flexibility index (Phi) is 2.27. The minimum Gasteiger partial charge on any atom is -0.192 e. The Morgan fingerprint density at radius 2 is 2.20 bits per heavy atom. The molecule has 0 amide bonds. The van der Waals surface area contributed by atoms with E-state index in [0.29, 0.717) is 5.25 Å². The van der Waals surface area contributed by atoms with Crippen LogP contribution >= 0.6 is 11.8 Å². The number of hydrogen-bond donors (Lipinski definition) is 0. The first-order chi connectivity index (χ1) is 7.34. The van der Waals surface area contributed by atoms with Gasteiger partial charge in [0.1, 0.15) is 0 Å². The van der Waals surface area contributed by atoms with Gasteiger partial charge < -0.3 is 0 Å². The van der Waals surface area contributed by atoms with Crippen molar-refractivity contribution in [1.29, 1.82) is 0 Å². The summed E-state index contributed by atoms with van der Waals surface area (Å²) in [5.74, 6) is 0.896. The van der Waals surface area contributed by atoms with Crippen LogP contribution in [-0.4, -0.2) is 25.8 Å². The van der Waals surface area contributed by atoms with Crippen LogP contribution in [0.5, 0.6) is 0 Å². The molecular formula is C10H14N4S. The Morgan fingerprint density at radius 3 is 3.13 bits per heavy atom. The highest BCUT2D eigenvalue weighted by Gasteiger charge is 2.27. The van der Waals surface area contributed by atoms with Gasteiger partial charge in [0, 0.05) is 0 Å². The number of hydrogen-bond acceptors (Lipinski definition) is 4. The SMILES string of the molecule is Cc1nnc2n1N=C1CCCCCC1S2. The zero-order valence-electron chi connectivity index (χ0n) is 8.81. The molecular weight excluding hydrogens is 208 g/mol. The van der Waals surface area contributed by atoms with Crippen molar-refractivity contribution < 1.29 is 0 Å². The Balaban J connectivity index is 2.00. The van der Waals surface area contributed by atoms with Gasteiger partial charge in [-0.15, -0.1) is 10.2 Å². The molecule has 5 heteroatoms. The summed E-state index contributed by atoms with van der Waals surface area (Å²) in [6.07, 6.45) is 6.34. The van der Waals surface area contributed by atoms with Crippen molar-refractivity contribution >= 4 is 17.5 Å². The molecule has 0 spiro atoms. The van der Waals surface area contributed by atoms with E-state index in [1.54, 1.807) is 0 Å². The highest BCUT2D eigenvalue weighted by molar-refractivity contribution is 8.00. The molecule has 0 aromatic carbocycles. The maximum atomic E-state index is 4.67. The summed E-state index contributed by atoms with van der Waals surface area (Å²) >= 11 is 1.83. The minimum atomic E-state index is 0.559. The lowest BCUT2D eigenvalue weighted by molar-refractivity contribution is 0.699. The van der Waals surface area contributed by atoms with Crippen molar-refractivity contribution in [3.63, 3.8) is 0 Å². The monoisotopic (exact) mass is 222 g/mol. The summed E-state index contributed by atoms with van der Waals surface area (Å²) in [6, 6.07) is 0. The van der Waals surface area contributed by atoms with E-state index in [-0.39, 0.29) is 0 Å². The molecule has 1 unspecified atom stereocenters. The number of nitrogens with zero attached hydrogens (tertiary/aromatic N) is 4. The van der Waals surface area contributed by atoms with E-state index in [4.69, 9.17) is 0 Å². The molecule has 1 aromatic heterocycles. The summed E-state index contributed by atoms with van der Waals surface area (Å²) in [4.78, 5) is 0. The van der Waals surface area contributed by atoms with E-state index in [1.807, 2.05) is 23.4 Å². The zero-order valence-corrected chi connectivity index (χ0v) is 9.63. The number of aromatic nitrogens is 3. The van der Waals surface area contributed by atoms with Crippen LogP contribution in [0.3, 0.4) is 0 Å². The van der Waals surface area contributed by atoms with Gasteiger partial charge >= 0.3 is 0 Å². The van der Waals surface area contributed by atoms with Gasteiger partial charge in [0.15, 0.2) is 5.82 Å². The predicted octanol–water partition coefficient (Wildman–Crippen LogP) is 2.23. The summed E-state index contributed by atoms with van der Waals surface area (Å²) in [6.45, 7) is 1.96. The van der Waals surface area contributed by atoms with Gasteiger partial charge in [-0.05, 0) is 26.2 Å². The second kappa shape index (κ2) is 3.63. The molecule has 1 fully saturated rings. The normalized spacial score (nSPS) is 25.1. The fourth-order valence-electron chi connectivity index (χ4n) is 2.16. The lowest BCUT2D eigenvalue weighted by Crippen LogP contribution is -2.22. The Morgan fingerprint density at radius 1 is 1.27 bits per heavy atom. The number of rotatable bonds is 0. The van der Waals surface area contributed by atoms with Gasteiger partial charge in [0.2, 0.25) is 5.16 Å². The van der Waals surface area contributed by atoms with Gasteiger partial charge in [0.05, 0.1) is 11.0 Å². The highest BCUT2D eigenvalue weighted by Crippen LogP contribution is 2.34. The molecule has 0 radical (unpaired) electrons. The summed E-state index contributed by atoms with van der Waals surface area (Å²) in [5, 5.41) is 14.4. The topological polar surface area (TPSA) is 43.1 Å². The molecule has 3 rings (SSSR count). The molecule has 1 aliphatic carbocycles. The Bertz CT molecular complexity index is 410. The molecule has 4 nitrogen and oxygen atoms in total. The average molecular weight is 222 g/mol. The summed E-state index contributed by atoms with van der Waals surface area (Å²) in [5.41, 5.74) is 1.34. The van der Waals surface area contributed by atoms with Crippen LogP contribution in [0.2, 0.25) is 0 Å². The van der Waals surface area contributed by atoms with Crippen molar-refractivity contribution in [2.24, 2.45) is 5.10 Å². The third kappa shape index (κ3) is 1.58. The molecule has 0 N–H and O–H groups in total. The zero-order chi connectivity index (χ0) is 10.3. The van der Waals surface area contributed by atoms with Crippen molar-refractivity contribution in [3.8, 4) is 0 Å². The Labute approximate surface area is 93.2 Å². The van der Waals surface area contributed by atoms with Crippen LogP contribution in [0.25, 0.3) is 0 Å². The first-order valence-corrected chi connectivity index (χ1v) is 6.39.